The minimum atomic E-state index is 0.759. The molecule has 2 nitrogen and oxygen atoms in total. The molecule has 0 radical (unpaired) electrons. The van der Waals surface area contributed by atoms with Crippen molar-refractivity contribution in [1.82, 2.24) is 10.2 Å². The quantitative estimate of drug-likeness (QED) is 0.765. The third kappa shape index (κ3) is 2.94. The van der Waals surface area contributed by atoms with E-state index in [0.29, 0.717) is 0 Å². The third-order valence-electron chi connectivity index (χ3n) is 3.96. The van der Waals surface area contributed by atoms with Crippen molar-refractivity contribution < 1.29 is 0 Å². The minimum Gasteiger partial charge on any atom is -0.313 e. The first-order valence-corrected chi connectivity index (χ1v) is 6.77. The van der Waals surface area contributed by atoms with Gasteiger partial charge in [-0.1, -0.05) is 20.3 Å². The van der Waals surface area contributed by atoms with Crippen molar-refractivity contribution in [3.05, 3.63) is 0 Å². The Bertz CT molecular complexity index is 189. The van der Waals surface area contributed by atoms with Gasteiger partial charge in [0, 0.05) is 25.2 Å². The van der Waals surface area contributed by atoms with Gasteiger partial charge >= 0.3 is 0 Å². The van der Waals surface area contributed by atoms with Gasteiger partial charge in [0.2, 0.25) is 0 Å². The van der Waals surface area contributed by atoms with Crippen molar-refractivity contribution in [2.75, 3.05) is 19.6 Å². The van der Waals surface area contributed by atoms with Crippen LogP contribution >= 0.6 is 0 Å². The van der Waals surface area contributed by atoms with Crippen LogP contribution in [0.3, 0.4) is 0 Å². The Hall–Kier alpha value is -0.0800. The number of nitrogens with zero attached hydrogens (tertiary/aromatic N) is 1. The van der Waals surface area contributed by atoms with E-state index in [2.05, 4.69) is 24.1 Å². The van der Waals surface area contributed by atoms with Gasteiger partial charge in [0.25, 0.3) is 0 Å². The molecule has 1 saturated heterocycles. The number of nitrogens with one attached hydrogen (secondary N) is 1. The number of rotatable bonds is 4. The zero-order valence-corrected chi connectivity index (χ0v) is 10.3. The number of hydrogen-bond donors (Lipinski definition) is 1. The molecule has 2 aliphatic rings. The van der Waals surface area contributed by atoms with Gasteiger partial charge in [0.1, 0.15) is 0 Å². The smallest absolute Gasteiger partial charge is 0.0198 e. The van der Waals surface area contributed by atoms with Crippen LogP contribution in [0.1, 0.15) is 46.0 Å². The molecular formula is C13H26N2. The van der Waals surface area contributed by atoms with Crippen LogP contribution in [0.25, 0.3) is 0 Å². The highest BCUT2D eigenvalue weighted by Crippen LogP contribution is 2.28. The van der Waals surface area contributed by atoms with E-state index in [0.717, 1.165) is 18.0 Å². The summed E-state index contributed by atoms with van der Waals surface area (Å²) in [4.78, 5) is 2.74. The third-order valence-corrected chi connectivity index (χ3v) is 3.96. The highest BCUT2D eigenvalue weighted by molar-refractivity contribution is 4.88. The van der Waals surface area contributed by atoms with Gasteiger partial charge in [-0.2, -0.15) is 0 Å². The molecule has 2 rings (SSSR count). The molecule has 0 aromatic carbocycles. The molecule has 1 N–H and O–H groups in total. The lowest BCUT2D eigenvalue weighted by Crippen LogP contribution is -2.53. The zero-order valence-electron chi connectivity index (χ0n) is 10.3. The van der Waals surface area contributed by atoms with E-state index in [-0.39, 0.29) is 0 Å². The number of hydrogen-bond acceptors (Lipinski definition) is 2. The minimum absolute atomic E-state index is 0.759. The average Bonchev–Trinajstić information content (AvgIpc) is 2.11. The molecule has 2 fully saturated rings. The molecule has 0 aromatic heterocycles. The van der Waals surface area contributed by atoms with Crippen molar-refractivity contribution in [3.63, 3.8) is 0 Å². The molecule has 0 spiro atoms. The van der Waals surface area contributed by atoms with Gasteiger partial charge in [-0.05, 0) is 38.1 Å². The van der Waals surface area contributed by atoms with Crippen LogP contribution in [0, 0.1) is 5.92 Å². The molecule has 2 heteroatoms. The Morgan fingerprint density at radius 2 is 2.07 bits per heavy atom. The topological polar surface area (TPSA) is 15.3 Å². The van der Waals surface area contributed by atoms with Crippen LogP contribution in [-0.4, -0.2) is 36.6 Å². The standard InChI is InChI=1S/C13H26N2/c1-3-7-14-12-8-11(2)9-15(10-12)13-5-4-6-13/h11-14H,3-10H2,1-2H3. The van der Waals surface area contributed by atoms with Crippen LogP contribution in [0.5, 0.6) is 0 Å². The summed E-state index contributed by atoms with van der Waals surface area (Å²) in [6, 6.07) is 1.69. The molecule has 1 saturated carbocycles. The first-order chi connectivity index (χ1) is 7.29. The fourth-order valence-corrected chi connectivity index (χ4v) is 2.94. The van der Waals surface area contributed by atoms with Crippen molar-refractivity contribution in [2.24, 2.45) is 5.92 Å². The van der Waals surface area contributed by atoms with E-state index in [1.165, 1.54) is 51.7 Å². The first-order valence-electron chi connectivity index (χ1n) is 6.77. The lowest BCUT2D eigenvalue weighted by atomic mass is 9.87. The maximum absolute atomic E-state index is 3.69. The van der Waals surface area contributed by atoms with Gasteiger partial charge in [-0.25, -0.2) is 0 Å². The van der Waals surface area contributed by atoms with Crippen LogP contribution < -0.4 is 5.32 Å². The van der Waals surface area contributed by atoms with Crippen molar-refractivity contribution in [1.29, 1.82) is 0 Å². The molecule has 1 heterocycles. The molecule has 1 aliphatic carbocycles. The lowest BCUT2D eigenvalue weighted by Gasteiger charge is -2.44. The van der Waals surface area contributed by atoms with Crippen molar-refractivity contribution in [3.8, 4) is 0 Å². The van der Waals surface area contributed by atoms with Gasteiger partial charge in [0.15, 0.2) is 0 Å². The van der Waals surface area contributed by atoms with Crippen molar-refractivity contribution >= 4 is 0 Å². The van der Waals surface area contributed by atoms with Gasteiger partial charge in [-0.15, -0.1) is 0 Å². The highest BCUT2D eigenvalue weighted by atomic mass is 15.2. The summed E-state index contributed by atoms with van der Waals surface area (Å²) in [6.45, 7) is 8.49. The maximum Gasteiger partial charge on any atom is 0.0198 e. The zero-order chi connectivity index (χ0) is 10.7. The monoisotopic (exact) mass is 210 g/mol. The van der Waals surface area contributed by atoms with Crippen LogP contribution in [0.2, 0.25) is 0 Å². The second-order valence-electron chi connectivity index (χ2n) is 5.53. The van der Waals surface area contributed by atoms with Gasteiger partial charge in [-0.3, -0.25) is 4.90 Å². The predicted octanol–water partition coefficient (Wildman–Crippen LogP) is 2.25. The van der Waals surface area contributed by atoms with Crippen molar-refractivity contribution in [2.45, 2.75) is 58.0 Å². The van der Waals surface area contributed by atoms with Crippen LogP contribution in [-0.2, 0) is 0 Å². The molecule has 88 valence electrons. The molecule has 0 amide bonds. The summed E-state index contributed by atoms with van der Waals surface area (Å²) in [5.41, 5.74) is 0. The fraction of sp³-hybridized carbons (Fsp3) is 1.00. The molecule has 1 aliphatic heterocycles. The Balaban J connectivity index is 1.80. The maximum atomic E-state index is 3.69. The van der Waals surface area contributed by atoms with E-state index in [9.17, 15) is 0 Å². The lowest BCUT2D eigenvalue weighted by molar-refractivity contribution is 0.0635. The summed E-state index contributed by atoms with van der Waals surface area (Å²) in [5, 5.41) is 3.69. The molecule has 0 aromatic rings. The average molecular weight is 210 g/mol. The van der Waals surface area contributed by atoms with Gasteiger partial charge < -0.3 is 5.32 Å². The normalized spacial score (nSPS) is 34.0. The molecule has 15 heavy (non-hydrogen) atoms. The second kappa shape index (κ2) is 5.31. The summed E-state index contributed by atoms with van der Waals surface area (Å²) in [7, 11) is 0. The Morgan fingerprint density at radius 3 is 2.67 bits per heavy atom. The largest absolute Gasteiger partial charge is 0.313 e. The number of piperidine rings is 1. The van der Waals surface area contributed by atoms with E-state index >= 15 is 0 Å². The van der Waals surface area contributed by atoms with Crippen LogP contribution in [0.4, 0.5) is 0 Å². The predicted molar refractivity (Wildman–Crippen MR) is 65.1 cm³/mol. The van der Waals surface area contributed by atoms with Gasteiger partial charge in [0.05, 0.1) is 0 Å². The van der Waals surface area contributed by atoms with E-state index < -0.39 is 0 Å². The number of likely N-dealkylation sites (tertiary alicyclic amines) is 1. The summed E-state index contributed by atoms with van der Waals surface area (Å²) >= 11 is 0. The SMILES string of the molecule is CCCNC1CC(C)CN(C2CCC2)C1. The molecular weight excluding hydrogens is 184 g/mol. The van der Waals surface area contributed by atoms with Crippen LogP contribution in [0.15, 0.2) is 0 Å². The highest BCUT2D eigenvalue weighted by Gasteiger charge is 2.31. The van der Waals surface area contributed by atoms with E-state index in [1.807, 2.05) is 0 Å². The summed E-state index contributed by atoms with van der Waals surface area (Å²) < 4.78 is 0. The Labute approximate surface area is 94.4 Å². The fourth-order valence-electron chi connectivity index (χ4n) is 2.94. The molecule has 2 unspecified atom stereocenters. The Morgan fingerprint density at radius 1 is 1.27 bits per heavy atom. The second-order valence-corrected chi connectivity index (χ2v) is 5.53. The van der Waals surface area contributed by atoms with E-state index in [4.69, 9.17) is 0 Å². The summed E-state index contributed by atoms with van der Waals surface area (Å²) in [6.07, 6.45) is 7.00. The van der Waals surface area contributed by atoms with E-state index in [1.54, 1.807) is 0 Å². The molecule has 0 bridgehead atoms. The Kier molecular flexibility index (Phi) is 4.04. The molecule has 2 atom stereocenters. The first kappa shape index (κ1) is 11.4. The summed E-state index contributed by atoms with van der Waals surface area (Å²) in [5.74, 6) is 0.883.